The molecule has 6 heteroatoms. The summed E-state index contributed by atoms with van der Waals surface area (Å²) in [6.07, 6.45) is 1.81. The lowest BCUT2D eigenvalue weighted by Crippen LogP contribution is -2.42. The zero-order chi connectivity index (χ0) is 9.86. The summed E-state index contributed by atoms with van der Waals surface area (Å²) in [4.78, 5) is 0. The first kappa shape index (κ1) is 9.54. The molecule has 0 spiro atoms. The summed E-state index contributed by atoms with van der Waals surface area (Å²) >= 11 is 0. The summed E-state index contributed by atoms with van der Waals surface area (Å²) in [7, 11) is 0. The smallest absolute Gasteiger partial charge is 0.206 e. The number of piperidine rings is 1. The van der Waals surface area contributed by atoms with Crippen LogP contribution in [0.5, 0.6) is 0 Å². The van der Waals surface area contributed by atoms with Gasteiger partial charge in [-0.1, -0.05) is 5.21 Å². The van der Waals surface area contributed by atoms with Crippen molar-refractivity contribution in [3.8, 4) is 0 Å². The minimum atomic E-state index is -0.326. The minimum absolute atomic E-state index is 0.326. The third kappa shape index (κ3) is 1.62. The van der Waals surface area contributed by atoms with Gasteiger partial charge in [0.1, 0.15) is 5.60 Å². The van der Waals surface area contributed by atoms with Crippen LogP contribution in [0.1, 0.15) is 25.6 Å². The van der Waals surface area contributed by atoms with E-state index in [4.69, 9.17) is 4.74 Å². The quantitative estimate of drug-likeness (QED) is 0.702. The monoisotopic (exact) mass is 197 g/mol. The SMILES string of the molecule is CCOC1(c2nn[nH]n2)CCNCC1. The second kappa shape index (κ2) is 4.02. The minimum Gasteiger partial charge on any atom is -0.367 e. The van der Waals surface area contributed by atoms with E-state index >= 15 is 0 Å². The highest BCUT2D eigenvalue weighted by Gasteiger charge is 2.38. The molecule has 0 aliphatic carbocycles. The molecule has 78 valence electrons. The van der Waals surface area contributed by atoms with Crippen LogP contribution in [0.2, 0.25) is 0 Å². The number of nitrogens with one attached hydrogen (secondary N) is 2. The number of hydrogen-bond acceptors (Lipinski definition) is 5. The molecule has 14 heavy (non-hydrogen) atoms. The molecule has 0 radical (unpaired) electrons. The van der Waals surface area contributed by atoms with Crippen LogP contribution in [-0.2, 0) is 10.3 Å². The second-order valence-corrected chi connectivity index (χ2v) is 3.41. The van der Waals surface area contributed by atoms with Gasteiger partial charge in [-0.05, 0) is 32.9 Å². The van der Waals surface area contributed by atoms with E-state index in [1.807, 2.05) is 6.92 Å². The number of tetrazole rings is 1. The summed E-state index contributed by atoms with van der Waals surface area (Å²) < 4.78 is 5.79. The van der Waals surface area contributed by atoms with Crippen LogP contribution in [0.4, 0.5) is 0 Å². The molecule has 2 N–H and O–H groups in total. The summed E-state index contributed by atoms with van der Waals surface area (Å²) in [5.74, 6) is 0.681. The van der Waals surface area contributed by atoms with Crippen molar-refractivity contribution < 1.29 is 4.74 Å². The molecule has 2 heterocycles. The molecule has 0 atom stereocenters. The summed E-state index contributed by atoms with van der Waals surface area (Å²) in [5, 5.41) is 17.4. The van der Waals surface area contributed by atoms with Crippen LogP contribution in [0.25, 0.3) is 0 Å². The molecule has 0 amide bonds. The number of hydrogen-bond donors (Lipinski definition) is 2. The Morgan fingerprint density at radius 2 is 2.21 bits per heavy atom. The first-order valence-corrected chi connectivity index (χ1v) is 4.96. The molecule has 0 unspecified atom stereocenters. The predicted octanol–water partition coefficient (Wildman–Crippen LogP) is -0.185. The van der Waals surface area contributed by atoms with Gasteiger partial charge in [0.2, 0.25) is 5.82 Å². The average Bonchev–Trinajstić information content (AvgIpc) is 2.73. The van der Waals surface area contributed by atoms with Crippen LogP contribution in [0, 0.1) is 0 Å². The van der Waals surface area contributed by atoms with Crippen LogP contribution >= 0.6 is 0 Å². The Balaban J connectivity index is 2.20. The van der Waals surface area contributed by atoms with Crippen molar-refractivity contribution in [3.05, 3.63) is 5.82 Å². The van der Waals surface area contributed by atoms with Crippen LogP contribution in [0.15, 0.2) is 0 Å². The van der Waals surface area contributed by atoms with Crippen molar-refractivity contribution in [2.24, 2.45) is 0 Å². The zero-order valence-electron chi connectivity index (χ0n) is 8.29. The molecule has 6 nitrogen and oxygen atoms in total. The number of nitrogens with zero attached hydrogens (tertiary/aromatic N) is 3. The topological polar surface area (TPSA) is 75.7 Å². The van der Waals surface area contributed by atoms with Gasteiger partial charge >= 0.3 is 0 Å². The molecule has 0 bridgehead atoms. The van der Waals surface area contributed by atoms with Gasteiger partial charge in [-0.25, -0.2) is 0 Å². The van der Waals surface area contributed by atoms with E-state index in [-0.39, 0.29) is 5.60 Å². The van der Waals surface area contributed by atoms with Crippen molar-refractivity contribution in [1.82, 2.24) is 25.9 Å². The fraction of sp³-hybridized carbons (Fsp3) is 0.875. The highest BCUT2D eigenvalue weighted by Crippen LogP contribution is 2.31. The third-order valence-electron chi connectivity index (χ3n) is 2.58. The maximum atomic E-state index is 5.79. The van der Waals surface area contributed by atoms with Crippen molar-refractivity contribution in [3.63, 3.8) is 0 Å². The Morgan fingerprint density at radius 1 is 1.43 bits per heavy atom. The van der Waals surface area contributed by atoms with Crippen LogP contribution in [-0.4, -0.2) is 40.3 Å². The number of ether oxygens (including phenoxy) is 1. The predicted molar refractivity (Wildman–Crippen MR) is 49.6 cm³/mol. The Morgan fingerprint density at radius 3 is 2.79 bits per heavy atom. The molecule has 1 saturated heterocycles. The molecule has 0 saturated carbocycles. The molecule has 0 aromatic carbocycles. The summed E-state index contributed by atoms with van der Waals surface area (Å²) in [6, 6.07) is 0. The van der Waals surface area contributed by atoms with Crippen LogP contribution in [0.3, 0.4) is 0 Å². The Hall–Kier alpha value is -1.01. The third-order valence-corrected chi connectivity index (χ3v) is 2.58. The number of aromatic nitrogens is 4. The maximum absolute atomic E-state index is 5.79. The molecule has 1 aliphatic rings. The van der Waals surface area contributed by atoms with Crippen molar-refractivity contribution in [1.29, 1.82) is 0 Å². The maximum Gasteiger partial charge on any atom is 0.206 e. The van der Waals surface area contributed by atoms with Gasteiger partial charge in [0, 0.05) is 6.61 Å². The lowest BCUT2D eigenvalue weighted by atomic mass is 9.91. The molecule has 1 fully saturated rings. The van der Waals surface area contributed by atoms with Crippen molar-refractivity contribution in [2.75, 3.05) is 19.7 Å². The van der Waals surface area contributed by atoms with E-state index in [2.05, 4.69) is 25.9 Å². The van der Waals surface area contributed by atoms with E-state index in [1.165, 1.54) is 0 Å². The highest BCUT2D eigenvalue weighted by atomic mass is 16.5. The van der Waals surface area contributed by atoms with E-state index in [9.17, 15) is 0 Å². The van der Waals surface area contributed by atoms with Crippen molar-refractivity contribution in [2.45, 2.75) is 25.4 Å². The fourth-order valence-corrected chi connectivity index (χ4v) is 1.89. The summed E-state index contributed by atoms with van der Waals surface area (Å²) in [5.41, 5.74) is -0.326. The van der Waals surface area contributed by atoms with Gasteiger partial charge in [-0.2, -0.15) is 5.21 Å². The van der Waals surface area contributed by atoms with E-state index < -0.39 is 0 Å². The lowest BCUT2D eigenvalue weighted by Gasteiger charge is -2.34. The molecule has 2 rings (SSSR count). The molecule has 1 aliphatic heterocycles. The van der Waals surface area contributed by atoms with Gasteiger partial charge in [0.25, 0.3) is 0 Å². The van der Waals surface area contributed by atoms with Gasteiger partial charge in [-0.3, -0.25) is 0 Å². The number of rotatable bonds is 3. The van der Waals surface area contributed by atoms with Gasteiger partial charge in [-0.15, -0.1) is 10.2 Å². The first-order chi connectivity index (χ1) is 6.87. The van der Waals surface area contributed by atoms with Crippen LogP contribution < -0.4 is 5.32 Å². The average molecular weight is 197 g/mol. The van der Waals surface area contributed by atoms with Crippen molar-refractivity contribution >= 4 is 0 Å². The molecule has 1 aromatic rings. The molecular weight excluding hydrogens is 182 g/mol. The van der Waals surface area contributed by atoms with Gasteiger partial charge in [0.15, 0.2) is 0 Å². The first-order valence-electron chi connectivity index (χ1n) is 4.96. The normalized spacial score (nSPS) is 20.9. The number of H-pyrrole nitrogens is 1. The largest absolute Gasteiger partial charge is 0.367 e. The van der Waals surface area contributed by atoms with E-state index in [0.29, 0.717) is 12.4 Å². The highest BCUT2D eigenvalue weighted by molar-refractivity contribution is 5.01. The van der Waals surface area contributed by atoms with Gasteiger partial charge in [0.05, 0.1) is 0 Å². The lowest BCUT2D eigenvalue weighted by molar-refractivity contribution is -0.0719. The Labute approximate surface area is 82.4 Å². The molecule has 1 aromatic heterocycles. The fourth-order valence-electron chi connectivity index (χ4n) is 1.89. The molecular formula is C8H15N5O. The Kier molecular flexibility index (Phi) is 2.74. The second-order valence-electron chi connectivity index (χ2n) is 3.41. The zero-order valence-corrected chi connectivity index (χ0v) is 8.29. The Bertz CT molecular complexity index is 262. The van der Waals surface area contributed by atoms with E-state index in [1.54, 1.807) is 0 Å². The van der Waals surface area contributed by atoms with E-state index in [0.717, 1.165) is 25.9 Å². The summed E-state index contributed by atoms with van der Waals surface area (Å²) in [6.45, 7) is 4.54. The number of aromatic amines is 1. The van der Waals surface area contributed by atoms with Gasteiger partial charge < -0.3 is 10.1 Å². The standard InChI is InChI=1S/C8H15N5O/c1-2-14-8(3-5-9-6-4-8)7-10-12-13-11-7/h9H,2-6H2,1H3,(H,10,11,12,13).